The minimum absolute atomic E-state index is 0.0451. The van der Waals surface area contributed by atoms with Gasteiger partial charge in [-0.2, -0.15) is 0 Å². The molecule has 0 bridgehead atoms. The minimum atomic E-state index is -0.340. The van der Waals surface area contributed by atoms with E-state index in [0.717, 1.165) is 77.8 Å². The first-order valence-electron chi connectivity index (χ1n) is 19.2. The van der Waals surface area contributed by atoms with Gasteiger partial charge in [0, 0.05) is 50.6 Å². The van der Waals surface area contributed by atoms with Crippen molar-refractivity contribution >= 4 is 79.0 Å². The zero-order valence-corrected chi connectivity index (χ0v) is 28.2. The van der Waals surface area contributed by atoms with Gasteiger partial charge in [-0.15, -0.1) is 0 Å². The normalized spacial score (nSPS) is 13.7. The zero-order chi connectivity index (χ0) is 36.8. The van der Waals surface area contributed by atoms with Crippen molar-refractivity contribution in [3.8, 4) is 16.8 Å². The van der Waals surface area contributed by atoms with Gasteiger partial charge < -0.3 is 14.4 Å². The highest BCUT2D eigenvalue weighted by molar-refractivity contribution is 7.01. The highest BCUT2D eigenvalue weighted by atomic mass is 15.2. The van der Waals surface area contributed by atoms with Crippen LogP contribution in [0.3, 0.4) is 0 Å². The number of hydrogen-bond acceptors (Lipinski definition) is 2. The van der Waals surface area contributed by atoms with E-state index in [0.29, 0.717) is 11.4 Å². The Morgan fingerprint density at radius 3 is 1.67 bits per heavy atom. The Balaban J connectivity index is 1.34. The summed E-state index contributed by atoms with van der Waals surface area (Å²) in [5.41, 5.74) is 13.5. The van der Waals surface area contributed by atoms with E-state index in [4.69, 9.17) is 0 Å². The molecule has 0 saturated heterocycles. The molecule has 0 aliphatic carbocycles. The molecule has 0 unspecified atom stereocenters. The molecule has 242 valence electrons. The molecule has 52 heavy (non-hydrogen) atoms. The lowest BCUT2D eigenvalue weighted by atomic mass is 9.33. The molecule has 9 aromatic rings. The molecule has 1 aromatic heterocycles. The van der Waals surface area contributed by atoms with Crippen molar-refractivity contribution in [3.63, 3.8) is 0 Å². The van der Waals surface area contributed by atoms with Crippen molar-refractivity contribution in [2.45, 2.75) is 0 Å². The van der Waals surface area contributed by atoms with Gasteiger partial charge in [0.15, 0.2) is 0 Å². The SMILES string of the molecule is [2H]c1c([2H])c2c3c(c1[2H])N(c1ccccc1)c1ccc4c(c1B3c1ccc(-c3ccccc3)cc1N2c1ccccc1)c1ccccc1n4-c1ccccc1. The number of aromatic nitrogens is 1. The molecule has 2 aliphatic heterocycles. The van der Waals surface area contributed by atoms with Crippen LogP contribution in [0.2, 0.25) is 0 Å². The molecule has 0 radical (unpaired) electrons. The largest absolute Gasteiger partial charge is 0.311 e. The van der Waals surface area contributed by atoms with Crippen LogP contribution in [0.5, 0.6) is 0 Å². The van der Waals surface area contributed by atoms with Crippen LogP contribution in [0.25, 0.3) is 38.6 Å². The summed E-state index contributed by atoms with van der Waals surface area (Å²) in [4.78, 5) is 4.34. The van der Waals surface area contributed by atoms with Gasteiger partial charge in [0.2, 0.25) is 0 Å². The number of benzene rings is 8. The molecule has 0 atom stereocenters. The van der Waals surface area contributed by atoms with Crippen molar-refractivity contribution in [2.75, 3.05) is 9.80 Å². The average molecular weight is 665 g/mol. The Morgan fingerprint density at radius 1 is 0.423 bits per heavy atom. The summed E-state index contributed by atoms with van der Waals surface area (Å²) >= 11 is 0. The lowest BCUT2D eigenvalue weighted by Crippen LogP contribution is -2.61. The van der Waals surface area contributed by atoms with Crippen LogP contribution in [0, 0.1) is 0 Å². The summed E-state index contributed by atoms with van der Waals surface area (Å²) in [5.74, 6) is 0. The molecule has 0 amide bonds. The number of rotatable bonds is 4. The molecule has 0 saturated carbocycles. The number of fused-ring (bicyclic) bond motifs is 8. The van der Waals surface area contributed by atoms with Crippen LogP contribution < -0.4 is 26.2 Å². The number of hydrogen-bond donors (Lipinski definition) is 0. The molecule has 4 heteroatoms. The van der Waals surface area contributed by atoms with Crippen LogP contribution >= 0.6 is 0 Å². The summed E-state index contributed by atoms with van der Waals surface area (Å²) in [6, 6.07) is 61.1. The monoisotopic (exact) mass is 664 g/mol. The number of para-hydroxylation sites is 4. The van der Waals surface area contributed by atoms with Gasteiger partial charge in [-0.1, -0.05) is 121 Å². The quantitative estimate of drug-likeness (QED) is 0.174. The third kappa shape index (κ3) is 4.15. The van der Waals surface area contributed by atoms with E-state index in [9.17, 15) is 4.11 Å². The van der Waals surface area contributed by atoms with Crippen LogP contribution in [-0.2, 0) is 0 Å². The Kier molecular flexibility index (Phi) is 5.71. The molecule has 3 nitrogen and oxygen atoms in total. The zero-order valence-electron chi connectivity index (χ0n) is 31.2. The maximum absolute atomic E-state index is 9.73. The first-order valence-corrected chi connectivity index (χ1v) is 17.7. The smallest absolute Gasteiger partial charge is 0.253 e. The summed E-state index contributed by atoms with van der Waals surface area (Å²) in [6.07, 6.45) is 0. The van der Waals surface area contributed by atoms with E-state index >= 15 is 0 Å². The minimum Gasteiger partial charge on any atom is -0.311 e. The molecule has 8 aromatic carbocycles. The van der Waals surface area contributed by atoms with E-state index in [-0.39, 0.29) is 24.8 Å². The van der Waals surface area contributed by atoms with Crippen molar-refractivity contribution in [3.05, 3.63) is 194 Å². The summed E-state index contributed by atoms with van der Waals surface area (Å²) in [5, 5.41) is 2.28. The standard InChI is InChI=1S/C48H32BN3/c1-5-16-33(17-6-1)34-28-29-39-45(32-34)52(37-22-11-4-12-23-37)43-27-15-26-42-47(43)49(39)48-44(51(42)36-20-9-3-10-21-36)31-30-41-46(48)38-24-13-14-25-40(38)50(41)35-18-7-2-8-19-35/h1-32H/i15D,26D,27D. The Morgan fingerprint density at radius 2 is 1.00 bits per heavy atom. The molecule has 0 spiro atoms. The van der Waals surface area contributed by atoms with Crippen molar-refractivity contribution < 1.29 is 4.11 Å². The first kappa shape index (κ1) is 26.1. The molecule has 11 rings (SSSR count). The molecular weight excluding hydrogens is 629 g/mol. The van der Waals surface area contributed by atoms with E-state index in [1.165, 1.54) is 0 Å². The summed E-state index contributed by atoms with van der Waals surface area (Å²) in [6.45, 7) is -0.340. The summed E-state index contributed by atoms with van der Waals surface area (Å²) in [7, 11) is 0. The number of anilines is 6. The second-order valence-electron chi connectivity index (χ2n) is 13.5. The first-order chi connectivity index (χ1) is 27.1. The maximum Gasteiger partial charge on any atom is 0.253 e. The van der Waals surface area contributed by atoms with Crippen LogP contribution in [0.15, 0.2) is 194 Å². The highest BCUT2D eigenvalue weighted by Gasteiger charge is 2.44. The van der Waals surface area contributed by atoms with Crippen LogP contribution in [0.4, 0.5) is 34.1 Å². The third-order valence-electron chi connectivity index (χ3n) is 10.7. The number of nitrogens with zero attached hydrogens (tertiary/aromatic N) is 3. The van der Waals surface area contributed by atoms with E-state index in [2.05, 4.69) is 142 Å². The van der Waals surface area contributed by atoms with Crippen LogP contribution in [-0.4, -0.2) is 11.3 Å². The lowest BCUT2D eigenvalue weighted by Gasteiger charge is -2.44. The van der Waals surface area contributed by atoms with Gasteiger partial charge >= 0.3 is 0 Å². The van der Waals surface area contributed by atoms with Gasteiger partial charge in [-0.05, 0) is 100 Å². The third-order valence-corrected chi connectivity index (χ3v) is 10.7. The fourth-order valence-corrected chi connectivity index (χ4v) is 8.62. The fraction of sp³-hybridized carbons (Fsp3) is 0. The molecular formula is C48H32BN3. The molecule has 0 N–H and O–H groups in total. The second-order valence-corrected chi connectivity index (χ2v) is 13.5. The van der Waals surface area contributed by atoms with E-state index in [1.807, 2.05) is 48.5 Å². The Bertz CT molecular complexity index is 2970. The molecule has 3 heterocycles. The lowest BCUT2D eigenvalue weighted by molar-refractivity contribution is 1.18. The summed E-state index contributed by atoms with van der Waals surface area (Å²) < 4.78 is 31.1. The molecule has 2 aliphatic rings. The fourth-order valence-electron chi connectivity index (χ4n) is 8.62. The average Bonchev–Trinajstić information content (AvgIpc) is 3.59. The predicted molar refractivity (Wildman–Crippen MR) is 220 cm³/mol. The molecule has 0 fully saturated rings. The van der Waals surface area contributed by atoms with Crippen molar-refractivity contribution in [2.24, 2.45) is 0 Å². The maximum atomic E-state index is 9.73. The van der Waals surface area contributed by atoms with E-state index in [1.54, 1.807) is 0 Å². The highest BCUT2D eigenvalue weighted by Crippen LogP contribution is 2.46. The topological polar surface area (TPSA) is 11.4 Å². The van der Waals surface area contributed by atoms with Crippen LogP contribution in [0.1, 0.15) is 4.11 Å². The van der Waals surface area contributed by atoms with Gasteiger partial charge in [-0.3, -0.25) is 0 Å². The van der Waals surface area contributed by atoms with E-state index < -0.39 is 0 Å². The van der Waals surface area contributed by atoms with Gasteiger partial charge in [0.05, 0.1) is 15.1 Å². The van der Waals surface area contributed by atoms with Gasteiger partial charge in [-0.25, -0.2) is 0 Å². The van der Waals surface area contributed by atoms with Gasteiger partial charge in [0.25, 0.3) is 6.71 Å². The Labute approximate surface area is 307 Å². The Hall–Kier alpha value is -6.78. The second kappa shape index (κ2) is 11.4. The van der Waals surface area contributed by atoms with Gasteiger partial charge in [0.1, 0.15) is 0 Å². The van der Waals surface area contributed by atoms with Crippen molar-refractivity contribution in [1.82, 2.24) is 4.57 Å². The predicted octanol–water partition coefficient (Wildman–Crippen LogP) is 10.5. The van der Waals surface area contributed by atoms with Crippen molar-refractivity contribution in [1.29, 1.82) is 0 Å².